The van der Waals surface area contributed by atoms with Crippen LogP contribution in [0.3, 0.4) is 0 Å². The van der Waals surface area contributed by atoms with Crippen LogP contribution in [0, 0.1) is 5.92 Å². The number of carbonyl (C=O) groups is 1. The van der Waals surface area contributed by atoms with Crippen molar-refractivity contribution in [2.45, 2.75) is 89.8 Å². The molecule has 4 nitrogen and oxygen atoms in total. The summed E-state index contributed by atoms with van der Waals surface area (Å²) < 4.78 is 5.52. The van der Waals surface area contributed by atoms with Gasteiger partial charge in [0.05, 0.1) is 0 Å². The Kier molecular flexibility index (Phi) is 5.53. The van der Waals surface area contributed by atoms with Crippen LogP contribution >= 0.6 is 0 Å². The van der Waals surface area contributed by atoms with E-state index in [0.29, 0.717) is 6.54 Å². The highest BCUT2D eigenvalue weighted by molar-refractivity contribution is 5.69. The molecule has 0 aromatic carbocycles. The van der Waals surface area contributed by atoms with E-state index in [0.717, 1.165) is 18.8 Å². The maximum absolute atomic E-state index is 12.3. The summed E-state index contributed by atoms with van der Waals surface area (Å²) in [5, 5.41) is 0. The highest BCUT2D eigenvalue weighted by Crippen LogP contribution is 2.31. The average molecular weight is 296 g/mol. The zero-order chi connectivity index (χ0) is 15.5. The van der Waals surface area contributed by atoms with E-state index < -0.39 is 5.60 Å². The van der Waals surface area contributed by atoms with Crippen molar-refractivity contribution in [3.63, 3.8) is 0 Å². The first-order chi connectivity index (χ1) is 9.85. The number of ether oxygens (including phenoxy) is 1. The van der Waals surface area contributed by atoms with Crippen LogP contribution in [0.1, 0.15) is 72.1 Å². The van der Waals surface area contributed by atoms with E-state index in [4.69, 9.17) is 10.5 Å². The molecule has 0 spiro atoms. The molecule has 2 N–H and O–H groups in total. The van der Waals surface area contributed by atoms with E-state index in [1.807, 2.05) is 25.7 Å². The molecule has 21 heavy (non-hydrogen) atoms. The Hall–Kier alpha value is -0.770. The number of likely N-dealkylation sites (tertiary alicyclic amines) is 1. The third-order valence-corrected chi connectivity index (χ3v) is 4.71. The van der Waals surface area contributed by atoms with Gasteiger partial charge in [-0.25, -0.2) is 4.79 Å². The van der Waals surface area contributed by atoms with Gasteiger partial charge in [-0.15, -0.1) is 0 Å². The van der Waals surface area contributed by atoms with Crippen molar-refractivity contribution >= 4 is 6.09 Å². The molecular formula is C17H32N2O2. The van der Waals surface area contributed by atoms with Crippen LogP contribution in [0.25, 0.3) is 0 Å². The van der Waals surface area contributed by atoms with Crippen LogP contribution in [0.4, 0.5) is 4.79 Å². The number of nitrogens with two attached hydrogens (primary N) is 1. The summed E-state index contributed by atoms with van der Waals surface area (Å²) >= 11 is 0. The maximum Gasteiger partial charge on any atom is 0.410 e. The van der Waals surface area contributed by atoms with E-state index in [1.165, 1.54) is 38.5 Å². The number of rotatable bonds is 3. The summed E-state index contributed by atoms with van der Waals surface area (Å²) in [5.41, 5.74) is 5.64. The Morgan fingerprint density at radius 1 is 1.19 bits per heavy atom. The molecule has 2 fully saturated rings. The Balaban J connectivity index is 1.85. The number of carbonyl (C=O) groups excluding carboxylic acids is 1. The molecule has 0 radical (unpaired) electrons. The maximum atomic E-state index is 12.3. The van der Waals surface area contributed by atoms with Gasteiger partial charge >= 0.3 is 6.09 Å². The fourth-order valence-corrected chi connectivity index (χ4v) is 3.67. The Bertz CT molecular complexity index is 345. The molecule has 0 aromatic heterocycles. The van der Waals surface area contributed by atoms with Crippen LogP contribution < -0.4 is 5.73 Å². The van der Waals surface area contributed by atoms with Gasteiger partial charge in [-0.05, 0) is 46.0 Å². The predicted molar refractivity (Wildman–Crippen MR) is 85.1 cm³/mol. The third kappa shape index (κ3) is 5.17. The highest BCUT2D eigenvalue weighted by atomic mass is 16.6. The Morgan fingerprint density at radius 2 is 1.86 bits per heavy atom. The molecule has 1 heterocycles. The molecule has 2 unspecified atom stereocenters. The molecule has 122 valence electrons. The molecule has 0 bridgehead atoms. The molecule has 2 rings (SSSR count). The van der Waals surface area contributed by atoms with Gasteiger partial charge in [-0.3, -0.25) is 0 Å². The minimum atomic E-state index is -0.433. The normalized spacial score (nSPS) is 27.9. The Morgan fingerprint density at radius 3 is 2.48 bits per heavy atom. The topological polar surface area (TPSA) is 55.6 Å². The van der Waals surface area contributed by atoms with E-state index in [9.17, 15) is 4.79 Å². The van der Waals surface area contributed by atoms with Crippen molar-refractivity contribution in [3.8, 4) is 0 Å². The van der Waals surface area contributed by atoms with Gasteiger partial charge < -0.3 is 15.4 Å². The number of amides is 1. The summed E-state index contributed by atoms with van der Waals surface area (Å²) in [5.74, 6) is 0.857. The third-order valence-electron chi connectivity index (χ3n) is 4.71. The lowest BCUT2D eigenvalue weighted by atomic mass is 9.85. The van der Waals surface area contributed by atoms with E-state index in [-0.39, 0.29) is 18.2 Å². The minimum absolute atomic E-state index is 0.105. The van der Waals surface area contributed by atoms with E-state index in [2.05, 4.69) is 0 Å². The van der Waals surface area contributed by atoms with Crippen LogP contribution in [-0.2, 0) is 4.74 Å². The number of hydrogen-bond acceptors (Lipinski definition) is 3. The van der Waals surface area contributed by atoms with Crippen molar-refractivity contribution < 1.29 is 9.53 Å². The summed E-state index contributed by atoms with van der Waals surface area (Å²) in [6, 6.07) is 0.380. The molecule has 1 aliphatic heterocycles. The van der Waals surface area contributed by atoms with Crippen molar-refractivity contribution in [3.05, 3.63) is 0 Å². The second-order valence-corrected chi connectivity index (χ2v) is 7.86. The summed E-state index contributed by atoms with van der Waals surface area (Å²) in [4.78, 5) is 14.2. The van der Waals surface area contributed by atoms with Crippen molar-refractivity contribution in [1.82, 2.24) is 4.90 Å². The molecule has 1 saturated carbocycles. The molecule has 4 heteroatoms. The molecular weight excluding hydrogens is 264 g/mol. The number of nitrogens with zero attached hydrogens (tertiary/aromatic N) is 1. The first kappa shape index (κ1) is 16.6. The fraction of sp³-hybridized carbons (Fsp3) is 0.941. The summed E-state index contributed by atoms with van der Waals surface area (Å²) in [6.45, 7) is 6.39. The smallest absolute Gasteiger partial charge is 0.410 e. The standard InChI is InChI=1S/C17H32N2O2/c1-17(2,3)21-16(20)19-12-14(18)11-15(19)10-9-13-7-5-4-6-8-13/h13-15H,4-12,18H2,1-3H3. The van der Waals surface area contributed by atoms with E-state index in [1.54, 1.807) is 0 Å². The van der Waals surface area contributed by atoms with Gasteiger partial charge in [0, 0.05) is 18.6 Å². The van der Waals surface area contributed by atoms with Gasteiger partial charge in [0.2, 0.25) is 0 Å². The molecule has 1 amide bonds. The molecule has 1 aliphatic carbocycles. The Labute approximate surface area is 129 Å². The zero-order valence-electron chi connectivity index (χ0n) is 13.9. The van der Waals surface area contributed by atoms with Crippen molar-refractivity contribution in [2.24, 2.45) is 11.7 Å². The predicted octanol–water partition coefficient (Wildman–Crippen LogP) is 3.68. The lowest BCUT2D eigenvalue weighted by Crippen LogP contribution is -2.40. The van der Waals surface area contributed by atoms with Crippen molar-refractivity contribution in [2.75, 3.05) is 6.54 Å². The van der Waals surface area contributed by atoms with Crippen molar-refractivity contribution in [1.29, 1.82) is 0 Å². The molecule has 1 saturated heterocycles. The second-order valence-electron chi connectivity index (χ2n) is 7.86. The van der Waals surface area contributed by atoms with Crippen LogP contribution in [-0.4, -0.2) is 35.2 Å². The zero-order valence-corrected chi connectivity index (χ0v) is 13.9. The summed E-state index contributed by atoms with van der Waals surface area (Å²) in [7, 11) is 0. The lowest BCUT2D eigenvalue weighted by molar-refractivity contribution is 0.0213. The van der Waals surface area contributed by atoms with Gasteiger partial charge in [-0.1, -0.05) is 32.1 Å². The van der Waals surface area contributed by atoms with E-state index >= 15 is 0 Å². The lowest BCUT2D eigenvalue weighted by Gasteiger charge is -2.30. The van der Waals surface area contributed by atoms with Gasteiger partial charge in [-0.2, -0.15) is 0 Å². The largest absolute Gasteiger partial charge is 0.444 e. The molecule has 2 atom stereocenters. The number of hydrogen-bond donors (Lipinski definition) is 1. The van der Waals surface area contributed by atoms with Gasteiger partial charge in [0.1, 0.15) is 5.60 Å². The van der Waals surface area contributed by atoms with Crippen LogP contribution in [0.15, 0.2) is 0 Å². The first-order valence-electron chi connectivity index (χ1n) is 8.60. The monoisotopic (exact) mass is 296 g/mol. The molecule has 0 aromatic rings. The van der Waals surface area contributed by atoms with Gasteiger partial charge in [0.15, 0.2) is 0 Å². The molecule has 2 aliphatic rings. The second kappa shape index (κ2) is 6.99. The minimum Gasteiger partial charge on any atom is -0.444 e. The first-order valence-corrected chi connectivity index (χ1v) is 8.60. The quantitative estimate of drug-likeness (QED) is 0.864. The van der Waals surface area contributed by atoms with Crippen LogP contribution in [0.2, 0.25) is 0 Å². The van der Waals surface area contributed by atoms with Gasteiger partial charge in [0.25, 0.3) is 0 Å². The SMILES string of the molecule is CC(C)(C)OC(=O)N1CC(N)CC1CCC1CCCCC1. The average Bonchev–Trinajstić information content (AvgIpc) is 2.77. The van der Waals surface area contributed by atoms with Crippen LogP contribution in [0.5, 0.6) is 0 Å². The fourth-order valence-electron chi connectivity index (χ4n) is 3.67. The summed E-state index contributed by atoms with van der Waals surface area (Å²) in [6.07, 6.45) is 9.94. The highest BCUT2D eigenvalue weighted by Gasteiger charge is 2.36.